The molecule has 0 unspecified atom stereocenters. The van der Waals surface area contributed by atoms with Crippen molar-refractivity contribution in [3.05, 3.63) is 30.1 Å². The third-order valence-corrected chi connectivity index (χ3v) is 3.71. The number of carbonyl (C=O) groups excluding carboxylic acids is 1. The Balaban J connectivity index is 1.81. The number of ether oxygens (including phenoxy) is 1. The Labute approximate surface area is 125 Å². The van der Waals surface area contributed by atoms with Crippen LogP contribution in [0.25, 0.3) is 0 Å². The fourth-order valence-corrected chi connectivity index (χ4v) is 2.53. The molecule has 21 heavy (non-hydrogen) atoms. The molecular weight excluding hydrogens is 271 g/mol. The first-order valence-corrected chi connectivity index (χ1v) is 7.59. The number of nitrogens with zero attached hydrogens (tertiary/aromatic N) is 1. The van der Waals surface area contributed by atoms with Gasteiger partial charge < -0.3 is 15.0 Å². The second-order valence-corrected chi connectivity index (χ2v) is 5.18. The summed E-state index contributed by atoms with van der Waals surface area (Å²) >= 11 is 0. The fraction of sp³-hybridized carbons (Fsp3) is 0.562. The van der Waals surface area contributed by atoms with E-state index in [2.05, 4.69) is 5.32 Å². The molecule has 1 aromatic rings. The van der Waals surface area contributed by atoms with Crippen LogP contribution >= 0.6 is 0 Å². The van der Waals surface area contributed by atoms with Crippen LogP contribution in [0.4, 0.5) is 10.1 Å². The lowest BCUT2D eigenvalue weighted by Crippen LogP contribution is -2.34. The molecule has 4 nitrogen and oxygen atoms in total. The zero-order valence-electron chi connectivity index (χ0n) is 12.5. The number of hydrogen-bond acceptors (Lipinski definition) is 3. The van der Waals surface area contributed by atoms with Crippen molar-refractivity contribution < 1.29 is 13.9 Å². The van der Waals surface area contributed by atoms with Gasteiger partial charge in [0.25, 0.3) is 0 Å². The highest BCUT2D eigenvalue weighted by Crippen LogP contribution is 2.16. The van der Waals surface area contributed by atoms with Gasteiger partial charge in [0.1, 0.15) is 5.82 Å². The summed E-state index contributed by atoms with van der Waals surface area (Å²) in [4.78, 5) is 13.9. The van der Waals surface area contributed by atoms with Crippen LogP contribution in [0.5, 0.6) is 0 Å². The number of hydrogen-bond donors (Lipinski definition) is 1. The molecule has 5 heteroatoms. The molecule has 1 N–H and O–H groups in total. The number of halogens is 1. The molecule has 1 fully saturated rings. The van der Waals surface area contributed by atoms with Crippen molar-refractivity contribution in [2.75, 3.05) is 31.1 Å². The maximum Gasteiger partial charge on any atom is 0.229 e. The lowest BCUT2D eigenvalue weighted by atomic mass is 10.1. The van der Waals surface area contributed by atoms with Gasteiger partial charge in [0.05, 0.1) is 19.1 Å². The number of benzene rings is 1. The van der Waals surface area contributed by atoms with E-state index in [1.54, 1.807) is 17.0 Å². The van der Waals surface area contributed by atoms with E-state index >= 15 is 0 Å². The lowest BCUT2D eigenvalue weighted by molar-refractivity contribution is -0.120. The van der Waals surface area contributed by atoms with Crippen LogP contribution in [0.3, 0.4) is 0 Å². The summed E-state index contributed by atoms with van der Waals surface area (Å²) in [6, 6.07) is 6.00. The van der Waals surface area contributed by atoms with Crippen molar-refractivity contribution in [2.45, 2.75) is 32.3 Å². The van der Waals surface area contributed by atoms with E-state index in [4.69, 9.17) is 4.74 Å². The first-order valence-electron chi connectivity index (χ1n) is 7.59. The number of rotatable bonds is 6. The molecule has 0 bridgehead atoms. The van der Waals surface area contributed by atoms with Crippen LogP contribution in [0.2, 0.25) is 0 Å². The Morgan fingerprint density at radius 3 is 2.62 bits per heavy atom. The standard InChI is InChI=1S/C16H23FN2O2/c1-2-19(14-5-3-13(17)4-6-14)16(20)9-12-21-15-7-10-18-11-8-15/h3-6,15,18H,2,7-12H2,1H3. The van der Waals surface area contributed by atoms with Crippen molar-refractivity contribution in [1.29, 1.82) is 0 Å². The lowest BCUT2D eigenvalue weighted by Gasteiger charge is -2.24. The molecule has 1 saturated heterocycles. The third kappa shape index (κ3) is 4.79. The largest absolute Gasteiger partial charge is 0.378 e. The monoisotopic (exact) mass is 294 g/mol. The van der Waals surface area contributed by atoms with Crippen LogP contribution in [-0.2, 0) is 9.53 Å². The molecule has 0 atom stereocenters. The normalized spacial score (nSPS) is 15.9. The van der Waals surface area contributed by atoms with Gasteiger partial charge in [-0.1, -0.05) is 0 Å². The summed E-state index contributed by atoms with van der Waals surface area (Å²) < 4.78 is 18.7. The summed E-state index contributed by atoms with van der Waals surface area (Å²) in [6.45, 7) is 4.89. The molecule has 1 amide bonds. The van der Waals surface area contributed by atoms with E-state index in [0.717, 1.165) is 31.6 Å². The molecule has 1 aromatic carbocycles. The van der Waals surface area contributed by atoms with Gasteiger partial charge in [0.2, 0.25) is 5.91 Å². The Hall–Kier alpha value is -1.46. The van der Waals surface area contributed by atoms with E-state index in [0.29, 0.717) is 19.6 Å². The fourth-order valence-electron chi connectivity index (χ4n) is 2.53. The second-order valence-electron chi connectivity index (χ2n) is 5.18. The summed E-state index contributed by atoms with van der Waals surface area (Å²) in [5.74, 6) is -0.283. The highest BCUT2D eigenvalue weighted by molar-refractivity contribution is 5.93. The van der Waals surface area contributed by atoms with Crippen molar-refractivity contribution in [1.82, 2.24) is 5.32 Å². The van der Waals surface area contributed by atoms with E-state index in [-0.39, 0.29) is 17.8 Å². The number of nitrogens with one attached hydrogen (secondary N) is 1. The smallest absolute Gasteiger partial charge is 0.229 e. The number of piperidine rings is 1. The van der Waals surface area contributed by atoms with Crippen molar-refractivity contribution in [3.8, 4) is 0 Å². The molecule has 0 aliphatic carbocycles. The SMILES string of the molecule is CCN(C(=O)CCOC1CCNCC1)c1ccc(F)cc1. The van der Waals surface area contributed by atoms with Gasteiger partial charge in [-0.05, 0) is 57.1 Å². The van der Waals surface area contributed by atoms with Crippen LogP contribution < -0.4 is 10.2 Å². The maximum absolute atomic E-state index is 12.9. The zero-order chi connectivity index (χ0) is 15.1. The molecule has 1 heterocycles. The predicted octanol–water partition coefficient (Wildman–Crippen LogP) is 2.34. The third-order valence-electron chi connectivity index (χ3n) is 3.71. The Kier molecular flexibility index (Phi) is 6.14. The number of anilines is 1. The van der Waals surface area contributed by atoms with E-state index in [9.17, 15) is 9.18 Å². The number of carbonyl (C=O) groups is 1. The predicted molar refractivity (Wildman–Crippen MR) is 80.9 cm³/mol. The average molecular weight is 294 g/mol. The summed E-state index contributed by atoms with van der Waals surface area (Å²) in [7, 11) is 0. The highest BCUT2D eigenvalue weighted by Gasteiger charge is 2.16. The first-order chi connectivity index (χ1) is 10.2. The second kappa shape index (κ2) is 8.10. The quantitative estimate of drug-likeness (QED) is 0.875. The highest BCUT2D eigenvalue weighted by atomic mass is 19.1. The Morgan fingerprint density at radius 2 is 2.00 bits per heavy atom. The minimum atomic E-state index is -0.295. The molecule has 0 spiro atoms. The van der Waals surface area contributed by atoms with Crippen LogP contribution in [-0.4, -0.2) is 38.3 Å². The summed E-state index contributed by atoms with van der Waals surface area (Å²) in [5.41, 5.74) is 0.728. The van der Waals surface area contributed by atoms with Crippen molar-refractivity contribution >= 4 is 11.6 Å². The van der Waals surface area contributed by atoms with E-state index < -0.39 is 0 Å². The van der Waals surface area contributed by atoms with Crippen molar-refractivity contribution in [2.24, 2.45) is 0 Å². The summed E-state index contributed by atoms with van der Waals surface area (Å²) in [5, 5.41) is 3.28. The Morgan fingerprint density at radius 1 is 1.33 bits per heavy atom. The first kappa shape index (κ1) is 15.9. The van der Waals surface area contributed by atoms with Gasteiger partial charge in [-0.2, -0.15) is 0 Å². The summed E-state index contributed by atoms with van der Waals surface area (Å²) in [6.07, 6.45) is 2.63. The Bertz CT molecular complexity index is 444. The molecule has 1 aliphatic heterocycles. The molecule has 2 rings (SSSR count). The molecule has 0 aromatic heterocycles. The maximum atomic E-state index is 12.9. The van der Waals surface area contributed by atoms with Gasteiger partial charge in [0.15, 0.2) is 0 Å². The average Bonchev–Trinajstić information content (AvgIpc) is 2.51. The zero-order valence-corrected chi connectivity index (χ0v) is 12.5. The minimum absolute atomic E-state index is 0.0121. The van der Waals surface area contributed by atoms with Crippen LogP contribution in [0, 0.1) is 5.82 Å². The van der Waals surface area contributed by atoms with Crippen LogP contribution in [0.15, 0.2) is 24.3 Å². The van der Waals surface area contributed by atoms with E-state index in [1.807, 2.05) is 6.92 Å². The van der Waals surface area contributed by atoms with Gasteiger partial charge in [-0.3, -0.25) is 4.79 Å². The topological polar surface area (TPSA) is 41.6 Å². The number of amides is 1. The minimum Gasteiger partial charge on any atom is -0.378 e. The van der Waals surface area contributed by atoms with Gasteiger partial charge in [0, 0.05) is 12.2 Å². The van der Waals surface area contributed by atoms with Crippen LogP contribution in [0.1, 0.15) is 26.2 Å². The van der Waals surface area contributed by atoms with Gasteiger partial charge in [-0.25, -0.2) is 4.39 Å². The van der Waals surface area contributed by atoms with Gasteiger partial charge in [-0.15, -0.1) is 0 Å². The molecule has 116 valence electrons. The molecule has 0 saturated carbocycles. The van der Waals surface area contributed by atoms with E-state index in [1.165, 1.54) is 12.1 Å². The molecular formula is C16H23FN2O2. The van der Waals surface area contributed by atoms with Gasteiger partial charge >= 0.3 is 0 Å². The van der Waals surface area contributed by atoms with Crippen molar-refractivity contribution in [3.63, 3.8) is 0 Å². The molecule has 0 radical (unpaired) electrons. The molecule has 1 aliphatic rings.